The van der Waals surface area contributed by atoms with Gasteiger partial charge < -0.3 is 10.6 Å². The molecule has 0 aliphatic carbocycles. The molecule has 3 heteroatoms. The van der Waals surface area contributed by atoms with E-state index >= 15 is 0 Å². The zero-order valence-corrected chi connectivity index (χ0v) is 11.7. The first kappa shape index (κ1) is 14.5. The van der Waals surface area contributed by atoms with E-state index in [1.54, 1.807) is 0 Å². The summed E-state index contributed by atoms with van der Waals surface area (Å²) >= 11 is 0. The van der Waals surface area contributed by atoms with Crippen molar-refractivity contribution in [3.8, 4) is 0 Å². The molecule has 0 bridgehead atoms. The Morgan fingerprint density at radius 2 is 2.12 bits per heavy atom. The minimum atomic E-state index is 0.302. The Labute approximate surface area is 106 Å². The molecular weight excluding hydrogens is 212 g/mol. The maximum Gasteiger partial charge on any atom is 0.222 e. The lowest BCUT2D eigenvalue weighted by atomic mass is 9.84. The topological polar surface area (TPSA) is 46.3 Å². The molecule has 1 rings (SSSR count). The van der Waals surface area contributed by atoms with Gasteiger partial charge in [0.05, 0.1) is 0 Å². The van der Waals surface area contributed by atoms with Crippen LogP contribution in [-0.2, 0) is 4.79 Å². The third-order valence-electron chi connectivity index (χ3n) is 3.76. The van der Waals surface area contributed by atoms with Crippen LogP contribution < -0.4 is 5.73 Å². The summed E-state index contributed by atoms with van der Waals surface area (Å²) in [6.07, 6.45) is 5.08. The molecule has 0 saturated carbocycles. The quantitative estimate of drug-likeness (QED) is 0.802. The maximum atomic E-state index is 12.1. The van der Waals surface area contributed by atoms with Gasteiger partial charge in [-0.2, -0.15) is 0 Å². The first-order valence-electron chi connectivity index (χ1n) is 6.92. The molecule has 1 saturated heterocycles. The molecule has 3 nitrogen and oxygen atoms in total. The fraction of sp³-hybridized carbons (Fsp3) is 0.929. The second-order valence-corrected chi connectivity index (χ2v) is 6.30. The van der Waals surface area contributed by atoms with E-state index in [-0.39, 0.29) is 0 Å². The monoisotopic (exact) mass is 240 g/mol. The molecule has 2 N–H and O–H groups in total. The fourth-order valence-corrected chi connectivity index (χ4v) is 2.59. The molecule has 17 heavy (non-hydrogen) atoms. The molecule has 0 aromatic rings. The minimum absolute atomic E-state index is 0.302. The van der Waals surface area contributed by atoms with Crippen molar-refractivity contribution in [1.29, 1.82) is 0 Å². The van der Waals surface area contributed by atoms with Gasteiger partial charge in [0.1, 0.15) is 0 Å². The summed E-state index contributed by atoms with van der Waals surface area (Å²) in [7, 11) is 0. The largest absolute Gasteiger partial charge is 0.342 e. The molecule has 0 aromatic carbocycles. The second kappa shape index (κ2) is 6.39. The van der Waals surface area contributed by atoms with E-state index in [1.165, 1.54) is 6.42 Å². The number of likely N-dealkylation sites (tertiary alicyclic amines) is 1. The van der Waals surface area contributed by atoms with Crippen molar-refractivity contribution < 1.29 is 4.79 Å². The summed E-state index contributed by atoms with van der Waals surface area (Å²) in [5, 5.41) is 0. The van der Waals surface area contributed by atoms with Crippen LogP contribution in [0, 0.1) is 11.3 Å². The molecule has 1 fully saturated rings. The van der Waals surface area contributed by atoms with Crippen LogP contribution in [0.2, 0.25) is 0 Å². The molecule has 100 valence electrons. The smallest absolute Gasteiger partial charge is 0.222 e. The zero-order valence-electron chi connectivity index (χ0n) is 11.7. The summed E-state index contributed by atoms with van der Waals surface area (Å²) in [4.78, 5) is 14.1. The van der Waals surface area contributed by atoms with Crippen LogP contribution in [0.4, 0.5) is 0 Å². The van der Waals surface area contributed by atoms with E-state index in [2.05, 4.69) is 25.7 Å². The van der Waals surface area contributed by atoms with Gasteiger partial charge in [0.15, 0.2) is 0 Å². The van der Waals surface area contributed by atoms with Gasteiger partial charge in [-0.25, -0.2) is 0 Å². The Balaban J connectivity index is 2.32. The number of nitrogens with zero attached hydrogens (tertiary/aromatic N) is 1. The van der Waals surface area contributed by atoms with Gasteiger partial charge in [0.2, 0.25) is 5.91 Å². The van der Waals surface area contributed by atoms with Crippen molar-refractivity contribution in [2.75, 3.05) is 19.6 Å². The number of rotatable bonds is 5. The fourth-order valence-electron chi connectivity index (χ4n) is 2.59. The highest BCUT2D eigenvalue weighted by Crippen LogP contribution is 2.28. The SMILES string of the molecule is CC(CCN)CCC(=O)N1CCCC(C)(C)C1. The minimum Gasteiger partial charge on any atom is -0.342 e. The molecule has 1 amide bonds. The average Bonchev–Trinajstić information content (AvgIpc) is 2.25. The number of nitrogens with two attached hydrogens (primary N) is 1. The molecule has 1 aliphatic rings. The Bertz CT molecular complexity index is 251. The summed E-state index contributed by atoms with van der Waals surface area (Å²) < 4.78 is 0. The highest BCUT2D eigenvalue weighted by molar-refractivity contribution is 5.76. The number of piperidine rings is 1. The standard InChI is InChI=1S/C14H28N2O/c1-12(7-9-15)5-6-13(17)16-10-4-8-14(2,3)11-16/h12H,4-11,15H2,1-3H3. The summed E-state index contributed by atoms with van der Waals surface area (Å²) in [5.74, 6) is 0.906. The molecule has 1 heterocycles. The van der Waals surface area contributed by atoms with Crippen LogP contribution in [0.1, 0.15) is 52.9 Å². The van der Waals surface area contributed by atoms with E-state index in [1.807, 2.05) is 0 Å². The Hall–Kier alpha value is -0.570. The third-order valence-corrected chi connectivity index (χ3v) is 3.76. The van der Waals surface area contributed by atoms with Crippen LogP contribution in [0.15, 0.2) is 0 Å². The summed E-state index contributed by atoms with van der Waals surface area (Å²) in [5.41, 5.74) is 5.82. The maximum absolute atomic E-state index is 12.1. The summed E-state index contributed by atoms with van der Waals surface area (Å²) in [6.45, 7) is 9.30. The highest BCUT2D eigenvalue weighted by atomic mass is 16.2. The average molecular weight is 240 g/mol. The summed E-state index contributed by atoms with van der Waals surface area (Å²) in [6, 6.07) is 0. The molecule has 1 aliphatic heterocycles. The molecule has 1 atom stereocenters. The Kier molecular flexibility index (Phi) is 5.44. The van der Waals surface area contributed by atoms with E-state index in [0.29, 0.717) is 23.7 Å². The van der Waals surface area contributed by atoms with Crippen molar-refractivity contribution >= 4 is 5.91 Å². The lowest BCUT2D eigenvalue weighted by molar-refractivity contribution is -0.134. The van der Waals surface area contributed by atoms with Crippen molar-refractivity contribution in [3.63, 3.8) is 0 Å². The number of amides is 1. The Morgan fingerprint density at radius 1 is 1.41 bits per heavy atom. The molecule has 0 aromatic heterocycles. The molecule has 0 spiro atoms. The highest BCUT2D eigenvalue weighted by Gasteiger charge is 2.28. The van der Waals surface area contributed by atoms with Gasteiger partial charge in [0, 0.05) is 19.5 Å². The first-order valence-corrected chi connectivity index (χ1v) is 6.92. The van der Waals surface area contributed by atoms with Gasteiger partial charge in [0.25, 0.3) is 0 Å². The van der Waals surface area contributed by atoms with Crippen molar-refractivity contribution in [1.82, 2.24) is 4.90 Å². The number of hydrogen-bond donors (Lipinski definition) is 1. The van der Waals surface area contributed by atoms with Gasteiger partial charge in [-0.1, -0.05) is 20.8 Å². The first-order chi connectivity index (χ1) is 7.94. The van der Waals surface area contributed by atoms with E-state index in [0.717, 1.165) is 38.9 Å². The molecule has 1 unspecified atom stereocenters. The van der Waals surface area contributed by atoms with Crippen molar-refractivity contribution in [2.45, 2.75) is 52.9 Å². The second-order valence-electron chi connectivity index (χ2n) is 6.30. The van der Waals surface area contributed by atoms with E-state index in [4.69, 9.17) is 5.73 Å². The van der Waals surface area contributed by atoms with E-state index in [9.17, 15) is 4.79 Å². The zero-order chi connectivity index (χ0) is 12.9. The predicted molar refractivity (Wildman–Crippen MR) is 71.7 cm³/mol. The lowest BCUT2D eigenvalue weighted by Gasteiger charge is -2.38. The Morgan fingerprint density at radius 3 is 2.71 bits per heavy atom. The lowest BCUT2D eigenvalue weighted by Crippen LogP contribution is -2.43. The van der Waals surface area contributed by atoms with Crippen LogP contribution in [0.25, 0.3) is 0 Å². The number of carbonyl (C=O) groups excluding carboxylic acids is 1. The number of carbonyl (C=O) groups is 1. The number of hydrogen-bond acceptors (Lipinski definition) is 2. The van der Waals surface area contributed by atoms with Crippen LogP contribution in [0.5, 0.6) is 0 Å². The van der Waals surface area contributed by atoms with Gasteiger partial charge in [-0.05, 0) is 43.6 Å². The normalized spacial score (nSPS) is 21.3. The third kappa shape index (κ3) is 5.07. The van der Waals surface area contributed by atoms with Crippen molar-refractivity contribution in [2.24, 2.45) is 17.1 Å². The van der Waals surface area contributed by atoms with Crippen LogP contribution in [-0.4, -0.2) is 30.4 Å². The van der Waals surface area contributed by atoms with Crippen molar-refractivity contribution in [3.05, 3.63) is 0 Å². The van der Waals surface area contributed by atoms with Gasteiger partial charge >= 0.3 is 0 Å². The van der Waals surface area contributed by atoms with E-state index < -0.39 is 0 Å². The predicted octanol–water partition coefficient (Wildman–Crippen LogP) is 2.40. The molecular formula is C14H28N2O. The van der Waals surface area contributed by atoms with Crippen LogP contribution in [0.3, 0.4) is 0 Å². The van der Waals surface area contributed by atoms with Gasteiger partial charge in [-0.15, -0.1) is 0 Å². The molecule has 0 radical (unpaired) electrons. The van der Waals surface area contributed by atoms with Gasteiger partial charge in [-0.3, -0.25) is 4.79 Å². The van der Waals surface area contributed by atoms with Crippen LogP contribution >= 0.6 is 0 Å².